The average molecular weight is 472 g/mol. The van der Waals surface area contributed by atoms with Crippen LogP contribution in [-0.4, -0.2) is 77.4 Å². The van der Waals surface area contributed by atoms with Gasteiger partial charge in [-0.3, -0.25) is 0 Å². The molecule has 0 bridgehead atoms. The van der Waals surface area contributed by atoms with Crippen molar-refractivity contribution in [3.05, 3.63) is 24.5 Å². The van der Waals surface area contributed by atoms with Crippen molar-refractivity contribution in [1.82, 2.24) is 25.5 Å². The topological polar surface area (TPSA) is 129 Å². The number of hydrogen-bond donors (Lipinski definition) is 3. The zero-order chi connectivity index (χ0) is 23.8. The second-order valence-corrected chi connectivity index (χ2v) is 9.53. The van der Waals surface area contributed by atoms with E-state index >= 15 is 0 Å². The number of aromatic nitrogens is 4. The van der Waals surface area contributed by atoms with Crippen LogP contribution in [0.4, 0.5) is 5.95 Å². The highest BCUT2D eigenvalue weighted by atomic mass is 16.5. The van der Waals surface area contributed by atoms with Gasteiger partial charge in [-0.05, 0) is 51.5 Å². The van der Waals surface area contributed by atoms with Crippen molar-refractivity contribution < 1.29 is 14.2 Å². The molecule has 1 aliphatic heterocycles. The van der Waals surface area contributed by atoms with Crippen LogP contribution >= 0.6 is 0 Å². The summed E-state index contributed by atoms with van der Waals surface area (Å²) in [5.74, 6) is 1.07. The lowest BCUT2D eigenvalue weighted by molar-refractivity contribution is 0.0334. The Labute approximate surface area is 201 Å². The van der Waals surface area contributed by atoms with Gasteiger partial charge in [-0.15, -0.1) is 5.10 Å². The summed E-state index contributed by atoms with van der Waals surface area (Å²) in [6.07, 6.45) is 9.38. The maximum atomic E-state index is 6.42. The highest BCUT2D eigenvalue weighted by Gasteiger charge is 2.29. The van der Waals surface area contributed by atoms with E-state index in [1.807, 2.05) is 12.1 Å². The monoisotopic (exact) mass is 471 g/mol. The number of anilines is 1. The van der Waals surface area contributed by atoms with Crippen LogP contribution in [0.25, 0.3) is 11.3 Å². The number of methoxy groups -OCH3 is 1. The first-order valence-electron chi connectivity index (χ1n) is 12.2. The number of rotatable bonds is 10. The van der Waals surface area contributed by atoms with Crippen LogP contribution < -0.4 is 21.1 Å². The third kappa shape index (κ3) is 7.05. The van der Waals surface area contributed by atoms with Crippen molar-refractivity contribution in [2.75, 3.05) is 38.9 Å². The Kier molecular flexibility index (Phi) is 8.60. The van der Waals surface area contributed by atoms with Crippen LogP contribution in [0.15, 0.2) is 24.5 Å². The summed E-state index contributed by atoms with van der Waals surface area (Å²) in [6.45, 7) is 4.60. The van der Waals surface area contributed by atoms with Crippen molar-refractivity contribution in [3.63, 3.8) is 0 Å². The van der Waals surface area contributed by atoms with Gasteiger partial charge in [0.05, 0.1) is 24.0 Å². The van der Waals surface area contributed by atoms with E-state index in [1.54, 1.807) is 19.5 Å². The molecule has 2 fully saturated rings. The first-order chi connectivity index (χ1) is 16.5. The molecule has 2 aromatic heterocycles. The molecule has 0 unspecified atom stereocenters. The highest BCUT2D eigenvalue weighted by molar-refractivity contribution is 5.59. The van der Waals surface area contributed by atoms with Gasteiger partial charge >= 0.3 is 0 Å². The molecule has 2 aliphatic rings. The number of nitrogens with two attached hydrogens (primary N) is 1. The van der Waals surface area contributed by atoms with Crippen molar-refractivity contribution in [2.45, 2.75) is 69.1 Å². The largest absolute Gasteiger partial charge is 0.475 e. The molecule has 0 amide bonds. The summed E-state index contributed by atoms with van der Waals surface area (Å²) in [5.41, 5.74) is 7.63. The lowest BCUT2D eigenvalue weighted by Crippen LogP contribution is -2.49. The molecule has 0 aromatic carbocycles. The van der Waals surface area contributed by atoms with Gasteiger partial charge < -0.3 is 30.6 Å². The smallest absolute Gasteiger partial charge is 0.234 e. The Balaban J connectivity index is 1.31. The van der Waals surface area contributed by atoms with E-state index in [1.165, 1.54) is 0 Å². The Hall–Kier alpha value is -2.40. The number of nitrogens with zero attached hydrogens (tertiary/aromatic N) is 4. The molecular weight excluding hydrogens is 434 g/mol. The predicted molar refractivity (Wildman–Crippen MR) is 130 cm³/mol. The summed E-state index contributed by atoms with van der Waals surface area (Å²) in [7, 11) is 1.74. The molecule has 4 rings (SSSR count). The first-order valence-corrected chi connectivity index (χ1v) is 12.2. The van der Waals surface area contributed by atoms with Crippen LogP contribution in [0.1, 0.15) is 45.4 Å². The van der Waals surface area contributed by atoms with Gasteiger partial charge in [-0.2, -0.15) is 5.10 Å². The molecule has 0 radical (unpaired) electrons. The molecule has 10 nitrogen and oxygen atoms in total. The van der Waals surface area contributed by atoms with E-state index in [0.717, 1.165) is 56.4 Å². The normalized spacial score (nSPS) is 23.3. The van der Waals surface area contributed by atoms with Gasteiger partial charge in [-0.1, -0.05) is 0 Å². The molecule has 1 saturated carbocycles. The minimum absolute atomic E-state index is 0.362. The maximum Gasteiger partial charge on any atom is 0.234 e. The van der Waals surface area contributed by atoms with E-state index < -0.39 is 5.54 Å². The average Bonchev–Trinajstić information content (AvgIpc) is 2.85. The Morgan fingerprint density at radius 3 is 2.74 bits per heavy atom. The number of hydrogen-bond acceptors (Lipinski definition) is 10. The number of ether oxygens (including phenoxy) is 3. The lowest BCUT2D eigenvalue weighted by Gasteiger charge is -2.32. The minimum Gasteiger partial charge on any atom is -0.475 e. The lowest BCUT2D eigenvalue weighted by atomic mass is 9.91. The SMILES string of the molecule is COC[C@H](C)NC1CCC(Nc2nccc(-c3cnnc(OCC4(N)CCOCC4)c3)n2)CC1. The van der Waals surface area contributed by atoms with Gasteiger partial charge in [0.25, 0.3) is 0 Å². The Morgan fingerprint density at radius 2 is 1.97 bits per heavy atom. The van der Waals surface area contributed by atoms with Crippen LogP contribution in [-0.2, 0) is 9.47 Å². The summed E-state index contributed by atoms with van der Waals surface area (Å²) >= 11 is 0. The van der Waals surface area contributed by atoms with Gasteiger partial charge in [-0.25, -0.2) is 9.97 Å². The standard InChI is InChI=1S/C24H37N7O3/c1-17(15-32-2)28-19-3-5-20(6-4-19)29-23-26-10-7-21(30-23)18-13-22(31-27-14-18)34-16-24(25)8-11-33-12-9-24/h7,10,13-14,17,19-20,28H,3-6,8-9,11-12,15-16,25H2,1-2H3,(H,26,29,30)/t17-,19?,20?/m0/s1. The zero-order valence-electron chi connectivity index (χ0n) is 20.2. The highest BCUT2D eigenvalue weighted by Crippen LogP contribution is 2.25. The first kappa shape index (κ1) is 24.7. The second kappa shape index (κ2) is 11.8. The van der Waals surface area contributed by atoms with Crippen molar-refractivity contribution in [2.24, 2.45) is 5.73 Å². The summed E-state index contributed by atoms with van der Waals surface area (Å²) in [6, 6.07) is 4.98. The van der Waals surface area contributed by atoms with E-state index in [2.05, 4.69) is 32.7 Å². The molecule has 186 valence electrons. The predicted octanol–water partition coefficient (Wildman–Crippen LogP) is 2.17. The van der Waals surface area contributed by atoms with Crippen molar-refractivity contribution in [1.29, 1.82) is 0 Å². The third-order valence-corrected chi connectivity index (χ3v) is 6.58. The molecule has 2 aromatic rings. The third-order valence-electron chi connectivity index (χ3n) is 6.58. The molecule has 4 N–H and O–H groups in total. The molecule has 1 saturated heterocycles. The molecular formula is C24H37N7O3. The van der Waals surface area contributed by atoms with Gasteiger partial charge in [0.1, 0.15) is 6.61 Å². The van der Waals surface area contributed by atoms with E-state index in [4.69, 9.17) is 24.9 Å². The maximum absolute atomic E-state index is 6.42. The number of nitrogens with one attached hydrogen (secondary N) is 2. The van der Waals surface area contributed by atoms with Crippen LogP contribution in [0, 0.1) is 0 Å². The quantitative estimate of drug-likeness (QED) is 0.474. The zero-order valence-corrected chi connectivity index (χ0v) is 20.2. The molecule has 1 atom stereocenters. The van der Waals surface area contributed by atoms with E-state index in [-0.39, 0.29) is 0 Å². The van der Waals surface area contributed by atoms with Crippen LogP contribution in [0.2, 0.25) is 0 Å². The van der Waals surface area contributed by atoms with E-state index in [0.29, 0.717) is 49.8 Å². The Morgan fingerprint density at radius 1 is 1.21 bits per heavy atom. The van der Waals surface area contributed by atoms with Gasteiger partial charge in [0.2, 0.25) is 11.8 Å². The molecule has 10 heteroatoms. The Bertz CT molecular complexity index is 902. The van der Waals surface area contributed by atoms with Gasteiger partial charge in [0, 0.05) is 56.3 Å². The van der Waals surface area contributed by atoms with Crippen molar-refractivity contribution in [3.8, 4) is 17.1 Å². The van der Waals surface area contributed by atoms with Gasteiger partial charge in [0.15, 0.2) is 0 Å². The van der Waals surface area contributed by atoms with Crippen LogP contribution in [0.5, 0.6) is 5.88 Å². The summed E-state index contributed by atoms with van der Waals surface area (Å²) < 4.78 is 16.5. The second-order valence-electron chi connectivity index (χ2n) is 9.53. The van der Waals surface area contributed by atoms with E-state index in [9.17, 15) is 0 Å². The molecule has 0 spiro atoms. The molecule has 1 aliphatic carbocycles. The fourth-order valence-corrected chi connectivity index (χ4v) is 4.57. The van der Waals surface area contributed by atoms with Crippen LogP contribution in [0.3, 0.4) is 0 Å². The molecule has 34 heavy (non-hydrogen) atoms. The minimum atomic E-state index is -0.391. The van der Waals surface area contributed by atoms with Crippen molar-refractivity contribution >= 4 is 5.95 Å². The molecule has 3 heterocycles. The summed E-state index contributed by atoms with van der Waals surface area (Å²) in [5, 5.41) is 15.4. The fraction of sp³-hybridized carbons (Fsp3) is 0.667. The fourth-order valence-electron chi connectivity index (χ4n) is 4.57. The summed E-state index contributed by atoms with van der Waals surface area (Å²) in [4.78, 5) is 9.14.